The van der Waals surface area contributed by atoms with Crippen LogP contribution in [0.5, 0.6) is 0 Å². The maximum absolute atomic E-state index is 11.9. The Morgan fingerprint density at radius 1 is 1.45 bits per heavy atom. The van der Waals surface area contributed by atoms with Crippen molar-refractivity contribution in [3.8, 4) is 0 Å². The number of aliphatic carboxylic acids is 1. The molecular weight excluding hydrogens is 262 g/mol. The zero-order chi connectivity index (χ0) is 15.4. The molecule has 116 valence electrons. The first kappa shape index (κ1) is 16.8. The van der Waals surface area contributed by atoms with Gasteiger partial charge in [0.2, 0.25) is 0 Å². The van der Waals surface area contributed by atoms with E-state index in [1.807, 2.05) is 6.92 Å². The number of nitrogens with one attached hydrogen (secondary N) is 1. The van der Waals surface area contributed by atoms with Crippen LogP contribution in [-0.4, -0.2) is 41.0 Å². The highest BCUT2D eigenvalue weighted by Gasteiger charge is 2.40. The summed E-state index contributed by atoms with van der Waals surface area (Å²) in [6.07, 6.45) is 1.04. The summed E-state index contributed by atoms with van der Waals surface area (Å²) in [7, 11) is 0. The fourth-order valence-electron chi connectivity index (χ4n) is 2.41. The van der Waals surface area contributed by atoms with Gasteiger partial charge in [0.15, 0.2) is 0 Å². The van der Waals surface area contributed by atoms with Crippen LogP contribution in [0.3, 0.4) is 0 Å². The second-order valence-corrected chi connectivity index (χ2v) is 6.33. The molecule has 2 atom stereocenters. The highest BCUT2D eigenvalue weighted by Crippen LogP contribution is 2.30. The molecular formula is C14H25NO5. The Bertz CT molecular complexity index is 363. The number of carboxylic acids is 1. The standard InChI is InChI=1S/C14H25NO5/c1-5-10-8-14(6-7-19-10,9-11(16)17)15-12(18)20-13(2,3)4/h10H,5-9H2,1-4H3,(H,15,18)(H,16,17). The molecule has 2 unspecified atom stereocenters. The zero-order valence-corrected chi connectivity index (χ0v) is 12.7. The van der Waals surface area contributed by atoms with Crippen molar-refractivity contribution in [1.29, 1.82) is 0 Å². The van der Waals surface area contributed by atoms with E-state index in [4.69, 9.17) is 14.6 Å². The van der Waals surface area contributed by atoms with Gasteiger partial charge in [0, 0.05) is 6.61 Å². The molecule has 0 aliphatic carbocycles. The molecule has 1 fully saturated rings. The number of carboxylic acid groups (broad SMARTS) is 1. The third-order valence-electron chi connectivity index (χ3n) is 3.26. The van der Waals surface area contributed by atoms with Crippen LogP contribution in [0.25, 0.3) is 0 Å². The molecule has 1 aliphatic rings. The normalized spacial score (nSPS) is 26.9. The van der Waals surface area contributed by atoms with Gasteiger partial charge >= 0.3 is 12.1 Å². The first-order chi connectivity index (χ1) is 9.16. The lowest BCUT2D eigenvalue weighted by molar-refractivity contribution is -0.140. The fraction of sp³-hybridized carbons (Fsp3) is 0.857. The molecule has 1 saturated heterocycles. The minimum Gasteiger partial charge on any atom is -0.481 e. The number of carbonyl (C=O) groups excluding carboxylic acids is 1. The van der Waals surface area contributed by atoms with Crippen LogP contribution in [0.2, 0.25) is 0 Å². The van der Waals surface area contributed by atoms with Crippen LogP contribution in [-0.2, 0) is 14.3 Å². The lowest BCUT2D eigenvalue weighted by atomic mass is 9.83. The van der Waals surface area contributed by atoms with E-state index in [0.29, 0.717) is 19.4 Å². The molecule has 0 aromatic carbocycles. The van der Waals surface area contributed by atoms with E-state index < -0.39 is 23.2 Å². The van der Waals surface area contributed by atoms with E-state index in [0.717, 1.165) is 6.42 Å². The molecule has 1 rings (SSSR count). The molecule has 1 amide bonds. The summed E-state index contributed by atoms with van der Waals surface area (Å²) in [5, 5.41) is 11.9. The number of alkyl carbamates (subject to hydrolysis) is 1. The molecule has 0 saturated carbocycles. The van der Waals surface area contributed by atoms with Crippen LogP contribution in [0, 0.1) is 0 Å². The number of ether oxygens (including phenoxy) is 2. The largest absolute Gasteiger partial charge is 0.481 e. The maximum atomic E-state index is 11.9. The van der Waals surface area contributed by atoms with Gasteiger partial charge in [-0.25, -0.2) is 4.79 Å². The Morgan fingerprint density at radius 3 is 2.60 bits per heavy atom. The SMILES string of the molecule is CCC1CC(CC(=O)O)(NC(=O)OC(C)(C)C)CCO1. The Balaban J connectivity index is 2.78. The summed E-state index contributed by atoms with van der Waals surface area (Å²) in [5.41, 5.74) is -1.39. The van der Waals surface area contributed by atoms with Gasteiger partial charge in [0.25, 0.3) is 0 Å². The van der Waals surface area contributed by atoms with Crippen LogP contribution >= 0.6 is 0 Å². The average Bonchev–Trinajstić information content (AvgIpc) is 2.24. The molecule has 1 aliphatic heterocycles. The van der Waals surface area contributed by atoms with Crippen molar-refractivity contribution >= 4 is 12.1 Å². The van der Waals surface area contributed by atoms with Gasteiger partial charge < -0.3 is 19.9 Å². The molecule has 1 heterocycles. The van der Waals surface area contributed by atoms with Gasteiger partial charge in [-0.1, -0.05) is 6.92 Å². The quantitative estimate of drug-likeness (QED) is 0.828. The number of rotatable bonds is 4. The Kier molecular flexibility index (Phi) is 5.39. The van der Waals surface area contributed by atoms with Gasteiger partial charge in [0.05, 0.1) is 18.1 Å². The molecule has 2 N–H and O–H groups in total. The van der Waals surface area contributed by atoms with Crippen molar-refractivity contribution in [2.24, 2.45) is 0 Å². The van der Waals surface area contributed by atoms with Crippen LogP contribution in [0.4, 0.5) is 4.79 Å². The predicted octanol–water partition coefficient (Wildman–Crippen LogP) is 2.31. The molecule has 6 heteroatoms. The van der Waals surface area contributed by atoms with Crippen LogP contribution in [0.15, 0.2) is 0 Å². The number of amides is 1. The molecule has 0 aromatic heterocycles. The topological polar surface area (TPSA) is 84.9 Å². The summed E-state index contributed by atoms with van der Waals surface area (Å²) < 4.78 is 10.8. The number of hydrogen-bond donors (Lipinski definition) is 2. The number of hydrogen-bond acceptors (Lipinski definition) is 4. The Hall–Kier alpha value is -1.30. The van der Waals surface area contributed by atoms with E-state index in [2.05, 4.69) is 5.32 Å². The highest BCUT2D eigenvalue weighted by molar-refractivity contribution is 5.73. The third-order valence-corrected chi connectivity index (χ3v) is 3.26. The second kappa shape index (κ2) is 6.43. The van der Waals surface area contributed by atoms with E-state index in [9.17, 15) is 9.59 Å². The highest BCUT2D eigenvalue weighted by atomic mass is 16.6. The average molecular weight is 287 g/mol. The number of carbonyl (C=O) groups is 2. The first-order valence-electron chi connectivity index (χ1n) is 7.00. The summed E-state index contributed by atoms with van der Waals surface area (Å²) >= 11 is 0. The lowest BCUT2D eigenvalue weighted by Crippen LogP contribution is -2.56. The van der Waals surface area contributed by atoms with Gasteiger partial charge in [-0.2, -0.15) is 0 Å². The Labute approximate surface area is 119 Å². The van der Waals surface area contributed by atoms with E-state index >= 15 is 0 Å². The minimum absolute atomic E-state index is 0.0296. The van der Waals surface area contributed by atoms with Gasteiger partial charge in [-0.15, -0.1) is 0 Å². The van der Waals surface area contributed by atoms with Crippen LogP contribution < -0.4 is 5.32 Å². The summed E-state index contributed by atoms with van der Waals surface area (Å²) in [5.74, 6) is -0.933. The Morgan fingerprint density at radius 2 is 2.10 bits per heavy atom. The van der Waals surface area contributed by atoms with E-state index in [1.54, 1.807) is 20.8 Å². The van der Waals surface area contributed by atoms with E-state index in [1.165, 1.54) is 0 Å². The van der Waals surface area contributed by atoms with Crippen molar-refractivity contribution in [2.75, 3.05) is 6.61 Å². The minimum atomic E-state index is -0.933. The first-order valence-corrected chi connectivity index (χ1v) is 7.00. The van der Waals surface area contributed by atoms with Crippen molar-refractivity contribution in [3.05, 3.63) is 0 Å². The maximum Gasteiger partial charge on any atom is 0.408 e. The van der Waals surface area contributed by atoms with Gasteiger partial charge in [0.1, 0.15) is 5.60 Å². The fourth-order valence-corrected chi connectivity index (χ4v) is 2.41. The summed E-state index contributed by atoms with van der Waals surface area (Å²) in [4.78, 5) is 23.0. The molecule has 0 spiro atoms. The molecule has 6 nitrogen and oxygen atoms in total. The summed E-state index contributed by atoms with van der Waals surface area (Å²) in [6.45, 7) is 7.75. The van der Waals surface area contributed by atoms with Crippen molar-refractivity contribution < 1.29 is 24.2 Å². The van der Waals surface area contributed by atoms with Gasteiger partial charge in [-0.05, 0) is 40.0 Å². The smallest absolute Gasteiger partial charge is 0.408 e. The molecule has 0 bridgehead atoms. The monoisotopic (exact) mass is 287 g/mol. The molecule has 0 radical (unpaired) electrons. The van der Waals surface area contributed by atoms with Crippen molar-refractivity contribution in [3.63, 3.8) is 0 Å². The van der Waals surface area contributed by atoms with Crippen molar-refractivity contribution in [1.82, 2.24) is 5.32 Å². The van der Waals surface area contributed by atoms with Crippen molar-refractivity contribution in [2.45, 2.75) is 70.6 Å². The third kappa shape index (κ3) is 5.36. The molecule has 0 aromatic rings. The second-order valence-electron chi connectivity index (χ2n) is 6.33. The molecule has 20 heavy (non-hydrogen) atoms. The predicted molar refractivity (Wildman–Crippen MR) is 73.6 cm³/mol. The zero-order valence-electron chi connectivity index (χ0n) is 12.7. The lowest BCUT2D eigenvalue weighted by Gasteiger charge is -2.40. The van der Waals surface area contributed by atoms with E-state index in [-0.39, 0.29) is 12.5 Å². The van der Waals surface area contributed by atoms with Crippen LogP contribution in [0.1, 0.15) is 53.4 Å². The van der Waals surface area contributed by atoms with Gasteiger partial charge in [-0.3, -0.25) is 4.79 Å². The summed E-state index contributed by atoms with van der Waals surface area (Å²) in [6, 6.07) is 0.